The predicted octanol–water partition coefficient (Wildman–Crippen LogP) is 1.97. The highest BCUT2D eigenvalue weighted by Gasteiger charge is 2.16. The molecule has 0 bridgehead atoms. The lowest BCUT2D eigenvalue weighted by atomic mass is 10.2. The van der Waals surface area contributed by atoms with Crippen molar-refractivity contribution in [3.8, 4) is 11.5 Å². The van der Waals surface area contributed by atoms with Gasteiger partial charge in [-0.1, -0.05) is 5.16 Å². The third kappa shape index (κ3) is 2.95. The van der Waals surface area contributed by atoms with Crippen molar-refractivity contribution in [2.45, 2.75) is 33.2 Å². The summed E-state index contributed by atoms with van der Waals surface area (Å²) in [5.41, 5.74) is 3.49. The molecular formula is C14H19ClN6O. The third-order valence-electron chi connectivity index (χ3n) is 3.53. The van der Waals surface area contributed by atoms with Gasteiger partial charge in [-0.3, -0.25) is 0 Å². The van der Waals surface area contributed by atoms with Crippen LogP contribution in [0.2, 0.25) is 0 Å². The lowest BCUT2D eigenvalue weighted by molar-refractivity contribution is 0.417. The SMILES string of the molecule is CNC(C)Cc1noc(-c2cnc3cc(C)nn3c2C)n1.Cl. The van der Waals surface area contributed by atoms with Crippen LogP contribution in [0.5, 0.6) is 0 Å². The van der Waals surface area contributed by atoms with Crippen LogP contribution in [0.4, 0.5) is 0 Å². The van der Waals surface area contributed by atoms with E-state index in [9.17, 15) is 0 Å². The fourth-order valence-electron chi connectivity index (χ4n) is 2.19. The highest BCUT2D eigenvalue weighted by atomic mass is 35.5. The minimum atomic E-state index is 0. The molecule has 0 aliphatic rings. The molecule has 0 aliphatic carbocycles. The lowest BCUT2D eigenvalue weighted by Crippen LogP contribution is -2.24. The van der Waals surface area contributed by atoms with Crippen molar-refractivity contribution in [1.29, 1.82) is 0 Å². The summed E-state index contributed by atoms with van der Waals surface area (Å²) in [6, 6.07) is 2.23. The molecular weight excluding hydrogens is 304 g/mol. The summed E-state index contributed by atoms with van der Waals surface area (Å²) in [6.07, 6.45) is 2.47. The minimum absolute atomic E-state index is 0. The molecule has 0 amide bonds. The Morgan fingerprint density at radius 2 is 2.14 bits per heavy atom. The van der Waals surface area contributed by atoms with E-state index in [2.05, 4.69) is 32.5 Å². The predicted molar refractivity (Wildman–Crippen MR) is 85.2 cm³/mol. The molecule has 0 saturated carbocycles. The lowest BCUT2D eigenvalue weighted by Gasteiger charge is -2.05. The van der Waals surface area contributed by atoms with E-state index >= 15 is 0 Å². The number of rotatable bonds is 4. The Hall–Kier alpha value is -1.99. The molecule has 7 nitrogen and oxygen atoms in total. The van der Waals surface area contributed by atoms with Gasteiger partial charge in [-0.25, -0.2) is 9.50 Å². The molecule has 0 saturated heterocycles. The van der Waals surface area contributed by atoms with Gasteiger partial charge < -0.3 is 9.84 Å². The fourth-order valence-corrected chi connectivity index (χ4v) is 2.19. The van der Waals surface area contributed by atoms with Crippen LogP contribution >= 0.6 is 12.4 Å². The largest absolute Gasteiger partial charge is 0.334 e. The van der Waals surface area contributed by atoms with Crippen molar-refractivity contribution >= 4 is 18.1 Å². The Morgan fingerprint density at radius 1 is 1.36 bits per heavy atom. The second-order valence-electron chi connectivity index (χ2n) is 5.22. The van der Waals surface area contributed by atoms with Crippen molar-refractivity contribution < 1.29 is 4.52 Å². The van der Waals surface area contributed by atoms with E-state index < -0.39 is 0 Å². The van der Waals surface area contributed by atoms with Crippen LogP contribution in [0, 0.1) is 13.8 Å². The Bertz CT molecular complexity index is 781. The van der Waals surface area contributed by atoms with E-state index in [1.54, 1.807) is 10.7 Å². The number of likely N-dealkylation sites (N-methyl/N-ethyl adjacent to an activating group) is 1. The van der Waals surface area contributed by atoms with Crippen molar-refractivity contribution in [3.05, 3.63) is 29.5 Å². The van der Waals surface area contributed by atoms with Crippen molar-refractivity contribution in [2.24, 2.45) is 0 Å². The average Bonchev–Trinajstić information content (AvgIpc) is 3.05. The van der Waals surface area contributed by atoms with Crippen LogP contribution in [-0.4, -0.2) is 37.8 Å². The summed E-state index contributed by atoms with van der Waals surface area (Å²) in [5.74, 6) is 1.16. The number of nitrogens with zero attached hydrogens (tertiary/aromatic N) is 5. The molecule has 3 rings (SSSR count). The zero-order chi connectivity index (χ0) is 15.0. The van der Waals surface area contributed by atoms with Crippen LogP contribution in [0.1, 0.15) is 24.1 Å². The second kappa shape index (κ2) is 6.41. The van der Waals surface area contributed by atoms with E-state index in [1.807, 2.05) is 27.0 Å². The number of halogens is 1. The zero-order valence-corrected chi connectivity index (χ0v) is 13.8. The van der Waals surface area contributed by atoms with E-state index in [4.69, 9.17) is 4.52 Å². The molecule has 0 spiro atoms. The topological polar surface area (TPSA) is 81.1 Å². The van der Waals surface area contributed by atoms with Crippen LogP contribution in [0.3, 0.4) is 0 Å². The van der Waals surface area contributed by atoms with E-state index in [0.29, 0.717) is 17.8 Å². The van der Waals surface area contributed by atoms with E-state index in [1.165, 1.54) is 0 Å². The van der Waals surface area contributed by atoms with Gasteiger partial charge in [0.1, 0.15) is 0 Å². The Balaban J connectivity index is 0.00000176. The number of nitrogens with one attached hydrogen (secondary N) is 1. The van der Waals surface area contributed by atoms with Gasteiger partial charge in [0.25, 0.3) is 5.89 Å². The highest BCUT2D eigenvalue weighted by molar-refractivity contribution is 5.85. The van der Waals surface area contributed by atoms with Crippen molar-refractivity contribution in [2.75, 3.05) is 7.05 Å². The maximum absolute atomic E-state index is 5.36. The monoisotopic (exact) mass is 322 g/mol. The number of aromatic nitrogens is 5. The van der Waals surface area contributed by atoms with Gasteiger partial charge in [0.15, 0.2) is 11.5 Å². The molecule has 3 heterocycles. The highest BCUT2D eigenvalue weighted by Crippen LogP contribution is 2.21. The molecule has 0 fully saturated rings. The number of hydrogen-bond acceptors (Lipinski definition) is 6. The van der Waals surface area contributed by atoms with Crippen LogP contribution in [-0.2, 0) is 6.42 Å². The van der Waals surface area contributed by atoms with Gasteiger partial charge in [-0.2, -0.15) is 10.1 Å². The smallest absolute Gasteiger partial charge is 0.261 e. The Labute approximate surface area is 134 Å². The first kappa shape index (κ1) is 16.4. The van der Waals surface area contributed by atoms with Crippen molar-refractivity contribution in [1.82, 2.24) is 30.1 Å². The van der Waals surface area contributed by atoms with Crippen molar-refractivity contribution in [3.63, 3.8) is 0 Å². The number of fused-ring (bicyclic) bond motifs is 1. The first-order valence-corrected chi connectivity index (χ1v) is 6.90. The zero-order valence-electron chi connectivity index (χ0n) is 13.0. The molecule has 0 radical (unpaired) electrons. The minimum Gasteiger partial charge on any atom is -0.334 e. The summed E-state index contributed by atoms with van der Waals surface area (Å²) >= 11 is 0. The third-order valence-corrected chi connectivity index (χ3v) is 3.53. The summed E-state index contributed by atoms with van der Waals surface area (Å²) < 4.78 is 7.16. The van der Waals surface area contributed by atoms with Gasteiger partial charge in [0.2, 0.25) is 0 Å². The maximum Gasteiger partial charge on any atom is 0.261 e. The normalized spacial score (nSPS) is 12.4. The molecule has 1 unspecified atom stereocenters. The Morgan fingerprint density at radius 3 is 2.86 bits per heavy atom. The number of hydrogen-bond donors (Lipinski definition) is 1. The van der Waals surface area contributed by atoms with E-state index in [0.717, 1.165) is 29.0 Å². The van der Waals surface area contributed by atoms with Crippen LogP contribution in [0.15, 0.2) is 16.8 Å². The Kier molecular flexibility index (Phi) is 4.77. The molecule has 0 aromatic carbocycles. The summed E-state index contributed by atoms with van der Waals surface area (Å²) in [6.45, 7) is 5.98. The molecule has 8 heteroatoms. The van der Waals surface area contributed by atoms with Crippen LogP contribution in [0.25, 0.3) is 17.1 Å². The van der Waals surface area contributed by atoms with Gasteiger partial charge >= 0.3 is 0 Å². The van der Waals surface area contributed by atoms with E-state index in [-0.39, 0.29) is 12.4 Å². The summed E-state index contributed by atoms with van der Waals surface area (Å²) in [5, 5.41) is 11.6. The summed E-state index contributed by atoms with van der Waals surface area (Å²) in [4.78, 5) is 8.83. The molecule has 1 atom stereocenters. The summed E-state index contributed by atoms with van der Waals surface area (Å²) in [7, 11) is 1.91. The van der Waals surface area contributed by atoms with Gasteiger partial charge in [-0.15, -0.1) is 12.4 Å². The fraction of sp³-hybridized carbons (Fsp3) is 0.429. The molecule has 3 aromatic rings. The van der Waals surface area contributed by atoms with Gasteiger partial charge in [-0.05, 0) is 27.8 Å². The maximum atomic E-state index is 5.36. The molecule has 118 valence electrons. The number of aryl methyl sites for hydroxylation is 2. The molecule has 1 N–H and O–H groups in total. The molecule has 3 aromatic heterocycles. The van der Waals surface area contributed by atoms with Gasteiger partial charge in [0, 0.05) is 24.7 Å². The molecule has 22 heavy (non-hydrogen) atoms. The molecule has 0 aliphatic heterocycles. The second-order valence-corrected chi connectivity index (χ2v) is 5.22. The quantitative estimate of drug-likeness (QED) is 0.791. The first-order valence-electron chi connectivity index (χ1n) is 6.90. The van der Waals surface area contributed by atoms with Crippen LogP contribution < -0.4 is 5.32 Å². The van der Waals surface area contributed by atoms with Gasteiger partial charge in [0.05, 0.1) is 17.0 Å². The average molecular weight is 323 g/mol. The standard InChI is InChI=1S/C14H18N6O.ClH/c1-8(15-4)5-12-17-14(21-19-12)11-7-16-13-6-9(2)18-20(13)10(11)3;/h6-8,15H,5H2,1-4H3;1H. The first-order chi connectivity index (χ1) is 10.1.